The fourth-order valence-electron chi connectivity index (χ4n) is 1.08. The van der Waals surface area contributed by atoms with Crippen LogP contribution in [0, 0.1) is 11.3 Å². The molecule has 0 atom stereocenters. The van der Waals surface area contributed by atoms with Crippen LogP contribution >= 0.6 is 0 Å². The molecular weight excluding hydrogens is 216 g/mol. The summed E-state index contributed by atoms with van der Waals surface area (Å²) >= 11 is 0. The summed E-state index contributed by atoms with van der Waals surface area (Å²) in [6.45, 7) is 6.18. The van der Waals surface area contributed by atoms with Crippen molar-refractivity contribution in [3.8, 4) is 6.07 Å². The normalized spacial score (nSPS) is 12.0. The second kappa shape index (κ2) is 5.47. The maximum Gasteiger partial charge on any atom is 0.278 e. The fourth-order valence-corrected chi connectivity index (χ4v) is 1.47. The molecule has 1 aromatic rings. The molecule has 0 aromatic heterocycles. The van der Waals surface area contributed by atoms with E-state index in [1.165, 1.54) is 0 Å². The monoisotopic (exact) mass is 232 g/mol. The SMILES string of the molecule is C[Si](C)(C)ON=C(CC#N)c1ccccc1. The third-order valence-electron chi connectivity index (χ3n) is 1.78. The van der Waals surface area contributed by atoms with Crippen molar-refractivity contribution in [3.05, 3.63) is 35.9 Å². The summed E-state index contributed by atoms with van der Waals surface area (Å²) in [6.07, 6.45) is 0.272. The third kappa shape index (κ3) is 4.28. The summed E-state index contributed by atoms with van der Waals surface area (Å²) in [5.41, 5.74) is 1.65. The Balaban J connectivity index is 2.88. The number of hydrogen-bond acceptors (Lipinski definition) is 3. The Morgan fingerprint density at radius 2 is 1.94 bits per heavy atom. The summed E-state index contributed by atoms with van der Waals surface area (Å²) in [5, 5.41) is 12.9. The highest BCUT2D eigenvalue weighted by atomic mass is 28.4. The Bertz CT molecular complexity index is 401. The average Bonchev–Trinajstić information content (AvgIpc) is 2.24. The van der Waals surface area contributed by atoms with Crippen LogP contribution < -0.4 is 0 Å². The number of benzene rings is 1. The molecule has 0 radical (unpaired) electrons. The molecule has 16 heavy (non-hydrogen) atoms. The lowest BCUT2D eigenvalue weighted by molar-refractivity contribution is 0.335. The van der Waals surface area contributed by atoms with E-state index in [1.807, 2.05) is 30.3 Å². The van der Waals surface area contributed by atoms with Gasteiger partial charge in [-0.1, -0.05) is 30.3 Å². The molecule has 0 aliphatic carbocycles. The van der Waals surface area contributed by atoms with Crippen molar-refractivity contribution in [2.75, 3.05) is 0 Å². The first-order valence-corrected chi connectivity index (χ1v) is 8.61. The fraction of sp³-hybridized carbons (Fsp3) is 0.333. The maximum absolute atomic E-state index is 8.75. The number of nitrogens with zero attached hydrogens (tertiary/aromatic N) is 2. The molecule has 0 aliphatic rings. The van der Waals surface area contributed by atoms with Crippen molar-refractivity contribution in [2.45, 2.75) is 26.1 Å². The van der Waals surface area contributed by atoms with Crippen molar-refractivity contribution in [1.29, 1.82) is 5.26 Å². The van der Waals surface area contributed by atoms with Gasteiger partial charge in [-0.05, 0) is 19.6 Å². The van der Waals surface area contributed by atoms with Crippen LogP contribution in [-0.4, -0.2) is 14.0 Å². The summed E-state index contributed by atoms with van der Waals surface area (Å²) in [4.78, 5) is 0. The summed E-state index contributed by atoms with van der Waals surface area (Å²) in [5.74, 6) is 0. The van der Waals surface area contributed by atoms with E-state index < -0.39 is 8.32 Å². The van der Waals surface area contributed by atoms with Gasteiger partial charge in [-0.25, -0.2) is 0 Å². The van der Waals surface area contributed by atoms with Gasteiger partial charge in [0, 0.05) is 5.56 Å². The van der Waals surface area contributed by atoms with E-state index in [2.05, 4.69) is 30.9 Å². The summed E-state index contributed by atoms with van der Waals surface area (Å²) in [7, 11) is -1.68. The standard InChI is InChI=1S/C12H16N2OSi/c1-16(2,3)15-14-12(9-10-13)11-7-5-4-6-8-11/h4-8H,9H2,1-3H3. The lowest BCUT2D eigenvalue weighted by Crippen LogP contribution is -2.23. The molecule has 0 spiro atoms. The predicted octanol–water partition coefficient (Wildman–Crippen LogP) is 3.16. The largest absolute Gasteiger partial charge is 0.455 e. The molecule has 0 bridgehead atoms. The van der Waals surface area contributed by atoms with Crippen molar-refractivity contribution in [3.63, 3.8) is 0 Å². The zero-order valence-corrected chi connectivity index (χ0v) is 10.9. The molecule has 4 heteroatoms. The average molecular weight is 232 g/mol. The molecule has 0 N–H and O–H groups in total. The molecule has 1 aromatic carbocycles. The molecule has 0 saturated carbocycles. The van der Waals surface area contributed by atoms with Gasteiger partial charge in [-0.15, -0.1) is 5.16 Å². The highest BCUT2D eigenvalue weighted by Gasteiger charge is 2.16. The van der Waals surface area contributed by atoms with Gasteiger partial charge in [-0.3, -0.25) is 0 Å². The Kier molecular flexibility index (Phi) is 4.26. The molecule has 84 valence electrons. The first-order chi connectivity index (χ1) is 7.53. The van der Waals surface area contributed by atoms with E-state index in [-0.39, 0.29) is 6.42 Å². The van der Waals surface area contributed by atoms with Gasteiger partial charge in [-0.2, -0.15) is 5.26 Å². The second-order valence-corrected chi connectivity index (χ2v) is 8.85. The minimum absolute atomic E-state index is 0.272. The van der Waals surface area contributed by atoms with Crippen LogP contribution in [0.15, 0.2) is 35.5 Å². The Morgan fingerprint density at radius 3 is 2.44 bits per heavy atom. The van der Waals surface area contributed by atoms with Crippen molar-refractivity contribution in [1.82, 2.24) is 0 Å². The number of nitriles is 1. The summed E-state index contributed by atoms with van der Waals surface area (Å²) in [6, 6.07) is 11.8. The highest BCUT2D eigenvalue weighted by Crippen LogP contribution is 2.08. The minimum atomic E-state index is -1.68. The van der Waals surface area contributed by atoms with E-state index >= 15 is 0 Å². The van der Waals surface area contributed by atoms with E-state index in [0.29, 0.717) is 5.71 Å². The van der Waals surface area contributed by atoms with Crippen LogP contribution in [0.4, 0.5) is 0 Å². The van der Waals surface area contributed by atoms with E-state index in [9.17, 15) is 0 Å². The second-order valence-electron chi connectivity index (χ2n) is 4.44. The predicted molar refractivity (Wildman–Crippen MR) is 67.6 cm³/mol. The van der Waals surface area contributed by atoms with E-state index in [0.717, 1.165) is 5.56 Å². The lowest BCUT2D eigenvalue weighted by atomic mass is 10.1. The van der Waals surface area contributed by atoms with Crippen LogP contribution in [0.2, 0.25) is 19.6 Å². The van der Waals surface area contributed by atoms with Gasteiger partial charge < -0.3 is 4.53 Å². The van der Waals surface area contributed by atoms with E-state index in [4.69, 9.17) is 9.79 Å². The van der Waals surface area contributed by atoms with Crippen LogP contribution in [-0.2, 0) is 4.53 Å². The van der Waals surface area contributed by atoms with Gasteiger partial charge in [0.25, 0.3) is 8.32 Å². The van der Waals surface area contributed by atoms with E-state index in [1.54, 1.807) is 0 Å². The molecule has 1 rings (SSSR count). The zero-order chi connectivity index (χ0) is 12.0. The lowest BCUT2D eigenvalue weighted by Gasteiger charge is -2.14. The topological polar surface area (TPSA) is 45.4 Å². The molecule has 0 saturated heterocycles. The number of oxime groups is 1. The Hall–Kier alpha value is -1.60. The Labute approximate surface area is 97.5 Å². The molecular formula is C12H16N2OSi. The quantitative estimate of drug-likeness (QED) is 0.455. The molecule has 0 amide bonds. The van der Waals surface area contributed by atoms with Crippen molar-refractivity contribution in [2.24, 2.45) is 5.16 Å². The van der Waals surface area contributed by atoms with Gasteiger partial charge in [0.15, 0.2) is 0 Å². The van der Waals surface area contributed by atoms with Gasteiger partial charge in [0.05, 0.1) is 18.2 Å². The first kappa shape index (κ1) is 12.5. The first-order valence-electron chi connectivity index (χ1n) is 5.20. The molecule has 0 fully saturated rings. The smallest absolute Gasteiger partial charge is 0.278 e. The highest BCUT2D eigenvalue weighted by molar-refractivity contribution is 6.69. The zero-order valence-electron chi connectivity index (χ0n) is 9.90. The number of hydrogen-bond donors (Lipinski definition) is 0. The Morgan fingerprint density at radius 1 is 1.31 bits per heavy atom. The van der Waals surface area contributed by atoms with Crippen LogP contribution in [0.1, 0.15) is 12.0 Å². The van der Waals surface area contributed by atoms with Crippen LogP contribution in [0.5, 0.6) is 0 Å². The number of rotatable bonds is 4. The third-order valence-corrected chi connectivity index (χ3v) is 2.42. The minimum Gasteiger partial charge on any atom is -0.455 e. The maximum atomic E-state index is 8.75. The van der Waals surface area contributed by atoms with Crippen molar-refractivity contribution < 1.29 is 4.53 Å². The molecule has 0 aliphatic heterocycles. The molecule has 3 nitrogen and oxygen atoms in total. The molecule has 0 unspecified atom stereocenters. The van der Waals surface area contributed by atoms with Gasteiger partial charge >= 0.3 is 0 Å². The molecule has 0 heterocycles. The summed E-state index contributed by atoms with van der Waals surface area (Å²) < 4.78 is 5.47. The van der Waals surface area contributed by atoms with Crippen LogP contribution in [0.3, 0.4) is 0 Å². The van der Waals surface area contributed by atoms with Gasteiger partial charge in [0.2, 0.25) is 0 Å². The van der Waals surface area contributed by atoms with Crippen molar-refractivity contribution >= 4 is 14.0 Å². The van der Waals surface area contributed by atoms with Gasteiger partial charge in [0.1, 0.15) is 0 Å². The van der Waals surface area contributed by atoms with Crippen LogP contribution in [0.25, 0.3) is 0 Å².